The van der Waals surface area contributed by atoms with Crippen LogP contribution in [-0.2, 0) is 23.7 Å². The van der Waals surface area contributed by atoms with Gasteiger partial charge < -0.3 is 44.5 Å². The molecule has 1 aliphatic heterocycles. The number of carbonyl (C=O) groups is 1. The number of hydrogen-bond donors (Lipinski definition) is 5. The van der Waals surface area contributed by atoms with Crippen molar-refractivity contribution in [3.8, 4) is 0 Å². The smallest absolute Gasteiger partial charge is 0.204 e. The third kappa shape index (κ3) is 5.02. The predicted molar refractivity (Wildman–Crippen MR) is 103 cm³/mol. The van der Waals surface area contributed by atoms with E-state index in [0.29, 0.717) is 6.42 Å². The molecule has 5 N–H and O–H groups in total. The summed E-state index contributed by atoms with van der Waals surface area (Å²) in [4.78, 5) is 12.5. The number of allylic oxidation sites excluding steroid dienone is 2. The van der Waals surface area contributed by atoms with Gasteiger partial charge in [-0.05, 0) is 13.3 Å². The number of ketones is 1. The fourth-order valence-corrected chi connectivity index (χ4v) is 3.69. The van der Waals surface area contributed by atoms with Crippen LogP contribution in [0, 0.1) is 11.8 Å². The molecule has 30 heavy (non-hydrogen) atoms. The van der Waals surface area contributed by atoms with Gasteiger partial charge in [-0.3, -0.25) is 4.79 Å². The van der Waals surface area contributed by atoms with Crippen LogP contribution in [-0.4, -0.2) is 95.6 Å². The molecule has 1 aliphatic carbocycles. The quantitative estimate of drug-likeness (QED) is 0.297. The van der Waals surface area contributed by atoms with Crippen molar-refractivity contribution >= 4 is 5.78 Å². The van der Waals surface area contributed by atoms with E-state index in [2.05, 4.69) is 0 Å². The van der Waals surface area contributed by atoms with E-state index in [1.807, 2.05) is 0 Å². The van der Waals surface area contributed by atoms with Crippen LogP contribution < -0.4 is 0 Å². The lowest BCUT2D eigenvalue weighted by atomic mass is 9.77. The molecule has 0 spiro atoms. The van der Waals surface area contributed by atoms with E-state index in [1.54, 1.807) is 19.9 Å². The first-order valence-electron chi connectivity index (χ1n) is 9.80. The molecular formula is C20H32O10. The van der Waals surface area contributed by atoms with E-state index in [-0.39, 0.29) is 23.9 Å². The summed E-state index contributed by atoms with van der Waals surface area (Å²) in [5.74, 6) is -1.01. The minimum absolute atomic E-state index is 0.0282. The lowest BCUT2D eigenvalue weighted by Gasteiger charge is -2.39. The zero-order valence-electron chi connectivity index (χ0n) is 17.6. The zero-order valence-corrected chi connectivity index (χ0v) is 17.6. The Balaban J connectivity index is 2.00. The molecule has 2 aliphatic rings. The van der Waals surface area contributed by atoms with E-state index < -0.39 is 55.3 Å². The van der Waals surface area contributed by atoms with E-state index >= 15 is 0 Å². The van der Waals surface area contributed by atoms with Gasteiger partial charge in [0.25, 0.3) is 0 Å². The molecule has 10 nitrogen and oxygen atoms in total. The summed E-state index contributed by atoms with van der Waals surface area (Å²) in [7, 11) is 2.72. The van der Waals surface area contributed by atoms with Crippen LogP contribution in [0.1, 0.15) is 20.3 Å². The molecule has 0 aromatic rings. The standard InChI is InChI=1S/C20H32O10/c1-9(8-29-20-17(26)16(25)15(24)12(7-21)30-20)5-6-11-10(2)13(22)18(27-3)19(28-4)14(11)23/h5,10-12,14-17,20-21,23-26H,6-8H2,1-4H3/b9-5+/t10?,11?,12?,14?,15-,16?,17?,20-/m0/s1. The number of Topliss-reactive ketones (excluding diaryl/α,β-unsaturated/α-hetero) is 1. The van der Waals surface area contributed by atoms with Crippen molar-refractivity contribution in [3.63, 3.8) is 0 Å². The summed E-state index contributed by atoms with van der Waals surface area (Å²) in [5.41, 5.74) is 0.735. The summed E-state index contributed by atoms with van der Waals surface area (Å²) >= 11 is 0. The molecule has 172 valence electrons. The maximum Gasteiger partial charge on any atom is 0.204 e. The Kier molecular flexibility index (Phi) is 8.80. The van der Waals surface area contributed by atoms with Crippen LogP contribution >= 0.6 is 0 Å². The number of aliphatic hydroxyl groups is 5. The highest BCUT2D eigenvalue weighted by Gasteiger charge is 2.44. The molecule has 0 radical (unpaired) electrons. The third-order valence-corrected chi connectivity index (χ3v) is 5.66. The first-order valence-corrected chi connectivity index (χ1v) is 9.80. The molecule has 1 saturated heterocycles. The Morgan fingerprint density at radius 3 is 2.33 bits per heavy atom. The van der Waals surface area contributed by atoms with Crippen molar-refractivity contribution < 1.29 is 49.3 Å². The second-order valence-electron chi connectivity index (χ2n) is 7.66. The number of aliphatic hydroxyl groups excluding tert-OH is 5. The van der Waals surface area contributed by atoms with Crippen molar-refractivity contribution in [2.45, 2.75) is 57.1 Å². The molecule has 1 heterocycles. The van der Waals surface area contributed by atoms with Gasteiger partial charge in [0, 0.05) is 11.8 Å². The maximum absolute atomic E-state index is 12.5. The number of hydrogen-bond acceptors (Lipinski definition) is 10. The Bertz CT molecular complexity index is 658. The molecule has 6 unspecified atom stereocenters. The van der Waals surface area contributed by atoms with Gasteiger partial charge in [-0.1, -0.05) is 18.6 Å². The summed E-state index contributed by atoms with van der Waals surface area (Å²) in [5, 5.41) is 49.4. The van der Waals surface area contributed by atoms with Gasteiger partial charge in [0.2, 0.25) is 11.5 Å². The minimum atomic E-state index is -1.51. The monoisotopic (exact) mass is 432 g/mol. The first kappa shape index (κ1) is 24.7. The highest BCUT2D eigenvalue weighted by molar-refractivity contribution is 5.97. The average Bonchev–Trinajstić information content (AvgIpc) is 2.73. The Hall–Kier alpha value is -1.53. The molecule has 2 rings (SSSR count). The summed E-state index contributed by atoms with van der Waals surface area (Å²) in [6.07, 6.45) is -5.55. The van der Waals surface area contributed by atoms with Crippen molar-refractivity contribution in [2.24, 2.45) is 11.8 Å². The largest absolute Gasteiger partial charge is 0.494 e. The lowest BCUT2D eigenvalue weighted by Crippen LogP contribution is -2.59. The highest BCUT2D eigenvalue weighted by Crippen LogP contribution is 2.35. The highest BCUT2D eigenvalue weighted by atomic mass is 16.7. The Morgan fingerprint density at radius 2 is 1.77 bits per heavy atom. The van der Waals surface area contributed by atoms with Gasteiger partial charge in [-0.25, -0.2) is 0 Å². The van der Waals surface area contributed by atoms with E-state index in [0.717, 1.165) is 5.57 Å². The second kappa shape index (κ2) is 10.7. The molecule has 0 aromatic heterocycles. The molecule has 10 heteroatoms. The first-order chi connectivity index (χ1) is 14.2. The predicted octanol–water partition coefficient (Wildman–Crippen LogP) is -1.16. The molecule has 0 saturated carbocycles. The number of carbonyl (C=O) groups excluding carboxylic acids is 1. The van der Waals surface area contributed by atoms with Crippen LogP contribution in [0.3, 0.4) is 0 Å². The van der Waals surface area contributed by atoms with Gasteiger partial charge in [-0.2, -0.15) is 0 Å². The van der Waals surface area contributed by atoms with E-state index in [1.165, 1.54) is 14.2 Å². The van der Waals surface area contributed by atoms with Crippen LogP contribution in [0.2, 0.25) is 0 Å². The van der Waals surface area contributed by atoms with Gasteiger partial charge in [0.1, 0.15) is 30.5 Å². The topological polar surface area (TPSA) is 155 Å². The SMILES string of the molecule is COC1=C(OC)C(O)C(C/C=C(\C)CO[C@H]2OC(CO)[C@H](O)C(O)C2O)C(C)C1=O. The van der Waals surface area contributed by atoms with E-state index in [9.17, 15) is 30.3 Å². The van der Waals surface area contributed by atoms with Crippen LogP contribution in [0.15, 0.2) is 23.2 Å². The summed E-state index contributed by atoms with van der Waals surface area (Å²) < 4.78 is 21.0. The summed E-state index contributed by atoms with van der Waals surface area (Å²) in [6, 6.07) is 0. The molecule has 0 amide bonds. The molecular weight excluding hydrogens is 400 g/mol. The van der Waals surface area contributed by atoms with E-state index in [4.69, 9.17) is 18.9 Å². The fraction of sp³-hybridized carbons (Fsp3) is 0.750. The molecule has 8 atom stereocenters. The number of rotatable bonds is 8. The van der Waals surface area contributed by atoms with Crippen LogP contribution in [0.25, 0.3) is 0 Å². The number of ether oxygens (including phenoxy) is 4. The molecule has 1 fully saturated rings. The average molecular weight is 432 g/mol. The van der Waals surface area contributed by atoms with Gasteiger partial charge in [0.05, 0.1) is 27.4 Å². The molecule has 0 bridgehead atoms. The fourth-order valence-electron chi connectivity index (χ4n) is 3.69. The Morgan fingerprint density at radius 1 is 1.10 bits per heavy atom. The minimum Gasteiger partial charge on any atom is -0.494 e. The van der Waals surface area contributed by atoms with Crippen molar-refractivity contribution in [1.29, 1.82) is 0 Å². The number of methoxy groups -OCH3 is 2. The van der Waals surface area contributed by atoms with Gasteiger partial charge in [-0.15, -0.1) is 0 Å². The van der Waals surface area contributed by atoms with Crippen molar-refractivity contribution in [2.75, 3.05) is 27.4 Å². The third-order valence-electron chi connectivity index (χ3n) is 5.66. The van der Waals surface area contributed by atoms with Crippen molar-refractivity contribution in [3.05, 3.63) is 23.2 Å². The van der Waals surface area contributed by atoms with Crippen molar-refractivity contribution in [1.82, 2.24) is 0 Å². The van der Waals surface area contributed by atoms with Gasteiger partial charge in [0.15, 0.2) is 12.0 Å². The summed E-state index contributed by atoms with van der Waals surface area (Å²) in [6.45, 7) is 2.97. The lowest BCUT2D eigenvalue weighted by molar-refractivity contribution is -0.299. The van der Waals surface area contributed by atoms with Crippen LogP contribution in [0.4, 0.5) is 0 Å². The Labute approximate surface area is 175 Å². The van der Waals surface area contributed by atoms with Crippen LogP contribution in [0.5, 0.6) is 0 Å². The van der Waals surface area contributed by atoms with Gasteiger partial charge >= 0.3 is 0 Å². The maximum atomic E-state index is 12.5. The zero-order chi connectivity index (χ0) is 22.6. The normalized spacial score (nSPS) is 38.0. The molecule has 0 aromatic carbocycles. The second-order valence-corrected chi connectivity index (χ2v) is 7.66.